The van der Waals surface area contributed by atoms with Gasteiger partial charge in [-0.05, 0) is 30.7 Å². The van der Waals surface area contributed by atoms with Crippen LogP contribution in [0.2, 0.25) is 10.0 Å². The van der Waals surface area contributed by atoms with Gasteiger partial charge in [-0.1, -0.05) is 36.2 Å². The fraction of sp³-hybridized carbons (Fsp3) is 0.167. The number of pyridine rings is 1. The summed E-state index contributed by atoms with van der Waals surface area (Å²) in [7, 11) is 0. The van der Waals surface area contributed by atoms with Crippen molar-refractivity contribution < 1.29 is 9.13 Å². The number of H-pyrrole nitrogens is 1. The van der Waals surface area contributed by atoms with Gasteiger partial charge in [0.15, 0.2) is 5.43 Å². The third-order valence-corrected chi connectivity index (χ3v) is 4.18. The van der Waals surface area contributed by atoms with Crippen molar-refractivity contribution in [1.29, 1.82) is 0 Å². The smallest absolute Gasteiger partial charge is 0.200 e. The summed E-state index contributed by atoms with van der Waals surface area (Å²) in [5.74, 6) is -0.166. The van der Waals surface area contributed by atoms with E-state index in [1.165, 1.54) is 18.3 Å². The van der Waals surface area contributed by atoms with Crippen molar-refractivity contribution in [3.8, 4) is 16.9 Å². The normalized spacial score (nSPS) is 11.0. The molecular formula is C18H14Cl2FNO2. The Balaban J connectivity index is 2.24. The minimum atomic E-state index is -0.609. The minimum absolute atomic E-state index is 0.0490. The molecule has 3 nitrogen and oxygen atoms in total. The molecule has 0 atom stereocenters. The van der Waals surface area contributed by atoms with E-state index in [9.17, 15) is 9.18 Å². The Kier molecular flexibility index (Phi) is 4.78. The van der Waals surface area contributed by atoms with Crippen LogP contribution in [-0.2, 0) is 0 Å². The van der Waals surface area contributed by atoms with Crippen molar-refractivity contribution in [2.45, 2.75) is 13.3 Å². The molecule has 0 bridgehead atoms. The predicted molar refractivity (Wildman–Crippen MR) is 95.8 cm³/mol. The second-order valence-electron chi connectivity index (χ2n) is 5.30. The molecule has 3 aromatic rings. The Morgan fingerprint density at radius 1 is 1.17 bits per heavy atom. The Morgan fingerprint density at radius 3 is 2.67 bits per heavy atom. The zero-order valence-corrected chi connectivity index (χ0v) is 14.3. The Morgan fingerprint density at radius 2 is 1.96 bits per heavy atom. The van der Waals surface area contributed by atoms with Gasteiger partial charge < -0.3 is 9.72 Å². The molecule has 0 fully saturated rings. The van der Waals surface area contributed by atoms with E-state index < -0.39 is 11.2 Å². The van der Waals surface area contributed by atoms with Crippen LogP contribution in [0.1, 0.15) is 13.3 Å². The molecule has 1 N–H and O–H groups in total. The van der Waals surface area contributed by atoms with Gasteiger partial charge in [0.05, 0.1) is 22.5 Å². The first-order valence-corrected chi connectivity index (χ1v) is 8.20. The summed E-state index contributed by atoms with van der Waals surface area (Å²) in [4.78, 5) is 15.8. The fourth-order valence-corrected chi connectivity index (χ4v) is 3.02. The van der Waals surface area contributed by atoms with E-state index in [4.69, 9.17) is 27.9 Å². The Labute approximate surface area is 148 Å². The molecule has 0 radical (unpaired) electrons. The van der Waals surface area contributed by atoms with E-state index in [2.05, 4.69) is 4.98 Å². The predicted octanol–water partition coefficient (Wildman–Crippen LogP) is 5.43. The highest BCUT2D eigenvalue weighted by Gasteiger charge is 2.16. The molecule has 0 aliphatic heterocycles. The SMILES string of the molecule is CCCOc1ccc(F)c2c(=O)c(-c3ccc(Cl)cc3Cl)c[nH]c12. The molecule has 0 amide bonds. The summed E-state index contributed by atoms with van der Waals surface area (Å²) in [6.45, 7) is 2.45. The van der Waals surface area contributed by atoms with Gasteiger partial charge in [0.25, 0.3) is 0 Å². The fourth-order valence-electron chi connectivity index (χ4n) is 2.51. The molecule has 0 saturated carbocycles. The van der Waals surface area contributed by atoms with Crippen LogP contribution in [0.25, 0.3) is 22.0 Å². The first kappa shape index (κ1) is 16.8. The highest BCUT2D eigenvalue weighted by Crippen LogP contribution is 2.31. The lowest BCUT2D eigenvalue weighted by atomic mass is 10.0. The number of ether oxygens (including phenoxy) is 1. The van der Waals surface area contributed by atoms with Crippen LogP contribution in [0.4, 0.5) is 4.39 Å². The molecule has 0 unspecified atom stereocenters. The topological polar surface area (TPSA) is 42.1 Å². The molecule has 0 aliphatic carbocycles. The minimum Gasteiger partial charge on any atom is -0.491 e. The first-order valence-electron chi connectivity index (χ1n) is 7.45. The van der Waals surface area contributed by atoms with Gasteiger partial charge in [0.1, 0.15) is 11.6 Å². The number of aromatic amines is 1. The maximum absolute atomic E-state index is 14.3. The summed E-state index contributed by atoms with van der Waals surface area (Å²) in [6, 6.07) is 7.55. The number of fused-ring (bicyclic) bond motifs is 1. The van der Waals surface area contributed by atoms with Gasteiger partial charge in [-0.25, -0.2) is 4.39 Å². The Bertz CT molecular complexity index is 969. The van der Waals surface area contributed by atoms with Crippen molar-refractivity contribution in [2.75, 3.05) is 6.61 Å². The number of halogens is 3. The van der Waals surface area contributed by atoms with E-state index >= 15 is 0 Å². The average Bonchev–Trinajstić information content (AvgIpc) is 2.55. The molecule has 124 valence electrons. The van der Waals surface area contributed by atoms with E-state index in [-0.39, 0.29) is 10.9 Å². The van der Waals surface area contributed by atoms with Crippen LogP contribution >= 0.6 is 23.2 Å². The molecular weight excluding hydrogens is 352 g/mol. The standard InChI is InChI=1S/C18H14Cl2FNO2/c1-2-7-24-15-6-5-14(21)16-17(15)22-9-12(18(16)23)11-4-3-10(19)8-13(11)20/h3-6,8-9H,2,7H2,1H3,(H,22,23). The summed E-state index contributed by atoms with van der Waals surface area (Å²) in [5, 5.41) is 0.737. The third-order valence-electron chi connectivity index (χ3n) is 3.63. The first-order chi connectivity index (χ1) is 11.5. The van der Waals surface area contributed by atoms with Crippen molar-refractivity contribution in [2.24, 2.45) is 0 Å². The molecule has 24 heavy (non-hydrogen) atoms. The van der Waals surface area contributed by atoms with Crippen LogP contribution in [-0.4, -0.2) is 11.6 Å². The zero-order chi connectivity index (χ0) is 17.3. The summed E-state index contributed by atoms with van der Waals surface area (Å²) in [5.41, 5.74) is 0.647. The van der Waals surface area contributed by atoms with Crippen LogP contribution in [0.3, 0.4) is 0 Å². The lowest BCUT2D eigenvalue weighted by molar-refractivity contribution is 0.320. The van der Waals surface area contributed by atoms with Gasteiger partial charge in [0.2, 0.25) is 0 Å². The summed E-state index contributed by atoms with van der Waals surface area (Å²) >= 11 is 12.1. The lowest BCUT2D eigenvalue weighted by Gasteiger charge is -2.11. The number of aromatic nitrogens is 1. The number of benzene rings is 2. The second-order valence-corrected chi connectivity index (χ2v) is 6.14. The van der Waals surface area contributed by atoms with Crippen molar-refractivity contribution >= 4 is 34.1 Å². The number of nitrogens with one attached hydrogen (secondary N) is 1. The van der Waals surface area contributed by atoms with E-state index in [0.29, 0.717) is 33.5 Å². The number of hydrogen-bond acceptors (Lipinski definition) is 2. The van der Waals surface area contributed by atoms with Gasteiger partial charge in [-0.3, -0.25) is 4.79 Å². The number of hydrogen-bond donors (Lipinski definition) is 1. The molecule has 0 spiro atoms. The van der Waals surface area contributed by atoms with Crippen LogP contribution < -0.4 is 10.2 Å². The third kappa shape index (κ3) is 2.99. The van der Waals surface area contributed by atoms with Crippen LogP contribution in [0, 0.1) is 5.82 Å². The molecule has 2 aromatic carbocycles. The van der Waals surface area contributed by atoms with Crippen molar-refractivity contribution in [3.63, 3.8) is 0 Å². The largest absolute Gasteiger partial charge is 0.491 e. The summed E-state index contributed by atoms with van der Waals surface area (Å²) < 4.78 is 19.9. The van der Waals surface area contributed by atoms with E-state index in [0.717, 1.165) is 6.42 Å². The Hall–Kier alpha value is -2.04. The van der Waals surface area contributed by atoms with Gasteiger partial charge in [0, 0.05) is 22.3 Å². The van der Waals surface area contributed by atoms with E-state index in [1.807, 2.05) is 6.92 Å². The monoisotopic (exact) mass is 365 g/mol. The van der Waals surface area contributed by atoms with E-state index in [1.54, 1.807) is 18.2 Å². The average molecular weight is 366 g/mol. The van der Waals surface area contributed by atoms with Gasteiger partial charge in [-0.15, -0.1) is 0 Å². The lowest BCUT2D eigenvalue weighted by Crippen LogP contribution is -2.10. The number of rotatable bonds is 4. The zero-order valence-electron chi connectivity index (χ0n) is 12.8. The molecule has 1 aromatic heterocycles. The highest BCUT2D eigenvalue weighted by atomic mass is 35.5. The van der Waals surface area contributed by atoms with Gasteiger partial charge >= 0.3 is 0 Å². The molecule has 0 aliphatic rings. The van der Waals surface area contributed by atoms with Crippen molar-refractivity contribution in [3.05, 3.63) is 62.6 Å². The van der Waals surface area contributed by atoms with Crippen LogP contribution in [0.5, 0.6) is 5.75 Å². The molecule has 3 rings (SSSR count). The maximum Gasteiger partial charge on any atom is 0.200 e. The van der Waals surface area contributed by atoms with Crippen LogP contribution in [0.15, 0.2) is 41.3 Å². The van der Waals surface area contributed by atoms with Crippen molar-refractivity contribution in [1.82, 2.24) is 4.98 Å². The maximum atomic E-state index is 14.3. The second kappa shape index (κ2) is 6.83. The quantitative estimate of drug-likeness (QED) is 0.669. The van der Waals surface area contributed by atoms with Gasteiger partial charge in [-0.2, -0.15) is 0 Å². The molecule has 0 saturated heterocycles. The molecule has 6 heteroatoms. The molecule has 1 heterocycles. The highest BCUT2D eigenvalue weighted by molar-refractivity contribution is 6.36. The summed E-state index contributed by atoms with van der Waals surface area (Å²) in [6.07, 6.45) is 2.32.